The summed E-state index contributed by atoms with van der Waals surface area (Å²) in [5.41, 5.74) is 1.66. The summed E-state index contributed by atoms with van der Waals surface area (Å²) in [7, 11) is 3.96. The van der Waals surface area contributed by atoms with Gasteiger partial charge in [0.2, 0.25) is 0 Å². The average molecular weight is 349 g/mol. The Kier molecular flexibility index (Phi) is 8.98. The first-order valence-corrected chi connectivity index (χ1v) is 9.40. The molecule has 4 nitrogen and oxygen atoms in total. The van der Waals surface area contributed by atoms with Gasteiger partial charge in [0.15, 0.2) is 0 Å². The zero-order valence-electron chi connectivity index (χ0n) is 17.0. The Morgan fingerprint density at radius 3 is 1.96 bits per heavy atom. The minimum Gasteiger partial charge on any atom is -0.458 e. The summed E-state index contributed by atoms with van der Waals surface area (Å²) < 4.78 is 5.58. The lowest BCUT2D eigenvalue weighted by Gasteiger charge is -2.24. The highest BCUT2D eigenvalue weighted by atomic mass is 16.5. The lowest BCUT2D eigenvalue weighted by molar-refractivity contribution is 0.0333. The smallest absolute Gasteiger partial charge is 0.338 e. The number of rotatable bonds is 10. The molecule has 0 saturated heterocycles. The molecule has 0 aliphatic heterocycles. The number of anilines is 1. The minimum absolute atomic E-state index is 0.150. The van der Waals surface area contributed by atoms with Crippen LogP contribution in [0, 0.1) is 11.8 Å². The normalized spacial score (nSPS) is 12.7. The molecule has 0 spiro atoms. The van der Waals surface area contributed by atoms with Gasteiger partial charge in [-0.1, -0.05) is 27.7 Å². The van der Waals surface area contributed by atoms with E-state index in [1.807, 2.05) is 50.2 Å². The first-order chi connectivity index (χ1) is 11.7. The maximum atomic E-state index is 12.3. The number of esters is 1. The van der Waals surface area contributed by atoms with E-state index in [1.54, 1.807) is 0 Å². The first-order valence-electron chi connectivity index (χ1n) is 9.40. The fourth-order valence-corrected chi connectivity index (χ4v) is 2.92. The third-order valence-corrected chi connectivity index (χ3v) is 4.13. The van der Waals surface area contributed by atoms with Gasteiger partial charge in [-0.15, -0.1) is 0 Å². The maximum Gasteiger partial charge on any atom is 0.338 e. The molecule has 0 amide bonds. The number of benzene rings is 1. The number of carbonyl (C=O) groups excluding carboxylic acids is 1. The van der Waals surface area contributed by atoms with E-state index in [0.717, 1.165) is 18.5 Å². The van der Waals surface area contributed by atoms with E-state index in [9.17, 15) is 4.79 Å². The second-order valence-corrected chi connectivity index (χ2v) is 8.02. The summed E-state index contributed by atoms with van der Waals surface area (Å²) in [6.07, 6.45) is 2.14. The predicted octanol–water partition coefficient (Wildman–Crippen LogP) is 4.35. The van der Waals surface area contributed by atoms with Gasteiger partial charge in [0.1, 0.15) is 6.10 Å². The largest absolute Gasteiger partial charge is 0.458 e. The molecule has 1 aromatic carbocycles. The number of hydrogen-bond donors (Lipinski definition) is 1. The van der Waals surface area contributed by atoms with Gasteiger partial charge in [-0.05, 0) is 55.9 Å². The predicted molar refractivity (Wildman–Crippen MR) is 106 cm³/mol. The second-order valence-electron chi connectivity index (χ2n) is 8.02. The fourth-order valence-electron chi connectivity index (χ4n) is 2.92. The number of carbonyl (C=O) groups is 1. The number of nitrogens with zero attached hydrogens (tertiary/aromatic N) is 1. The molecule has 1 atom stereocenters. The topological polar surface area (TPSA) is 41.6 Å². The van der Waals surface area contributed by atoms with Gasteiger partial charge in [-0.25, -0.2) is 4.79 Å². The van der Waals surface area contributed by atoms with Crippen molar-refractivity contribution in [3.05, 3.63) is 29.8 Å². The van der Waals surface area contributed by atoms with Crippen LogP contribution in [-0.4, -0.2) is 38.8 Å². The first kappa shape index (κ1) is 21.5. The number of ether oxygens (including phenoxy) is 1. The molecule has 4 heteroatoms. The standard InChI is InChI=1S/C21H36N2O2/c1-15(2)12-19(13-16(3)4)22-14-17(5)25-21(24)18-8-10-20(11-9-18)23(6)7/h8-11,15-17,19,22H,12-14H2,1-7H3/t17-/m0/s1. The molecule has 0 saturated carbocycles. The van der Waals surface area contributed by atoms with Crippen molar-refractivity contribution < 1.29 is 9.53 Å². The van der Waals surface area contributed by atoms with Gasteiger partial charge < -0.3 is 15.0 Å². The van der Waals surface area contributed by atoms with Crippen molar-refractivity contribution in [3.63, 3.8) is 0 Å². The molecular weight excluding hydrogens is 312 g/mol. The fraction of sp³-hybridized carbons (Fsp3) is 0.667. The average Bonchev–Trinajstić information content (AvgIpc) is 2.51. The van der Waals surface area contributed by atoms with Crippen LogP contribution in [-0.2, 0) is 4.74 Å². The van der Waals surface area contributed by atoms with Crippen LogP contribution < -0.4 is 10.2 Å². The van der Waals surface area contributed by atoms with Crippen LogP contribution in [0.5, 0.6) is 0 Å². The van der Waals surface area contributed by atoms with Crippen molar-refractivity contribution >= 4 is 11.7 Å². The van der Waals surface area contributed by atoms with Crippen LogP contribution >= 0.6 is 0 Å². The summed E-state index contributed by atoms with van der Waals surface area (Å²) in [5.74, 6) is 1.05. The molecule has 25 heavy (non-hydrogen) atoms. The van der Waals surface area contributed by atoms with Crippen LogP contribution in [0.2, 0.25) is 0 Å². The van der Waals surface area contributed by atoms with Crippen molar-refractivity contribution in [1.29, 1.82) is 0 Å². The van der Waals surface area contributed by atoms with Gasteiger partial charge in [0.05, 0.1) is 5.56 Å². The summed E-state index contributed by atoms with van der Waals surface area (Å²) in [6.45, 7) is 11.6. The van der Waals surface area contributed by atoms with Crippen LogP contribution in [0.25, 0.3) is 0 Å². The van der Waals surface area contributed by atoms with Crippen molar-refractivity contribution in [2.45, 2.75) is 59.6 Å². The van der Waals surface area contributed by atoms with Crippen molar-refractivity contribution in [1.82, 2.24) is 5.32 Å². The van der Waals surface area contributed by atoms with Gasteiger partial charge in [-0.2, -0.15) is 0 Å². The zero-order chi connectivity index (χ0) is 19.0. The minimum atomic E-state index is -0.260. The summed E-state index contributed by atoms with van der Waals surface area (Å²) >= 11 is 0. The van der Waals surface area contributed by atoms with Crippen LogP contribution in [0.1, 0.15) is 57.8 Å². The van der Waals surface area contributed by atoms with E-state index in [0.29, 0.717) is 30.0 Å². The molecule has 1 N–H and O–H groups in total. The summed E-state index contributed by atoms with van der Waals surface area (Å²) in [4.78, 5) is 14.3. The van der Waals surface area contributed by atoms with E-state index >= 15 is 0 Å². The third kappa shape index (κ3) is 8.39. The monoisotopic (exact) mass is 348 g/mol. The van der Waals surface area contributed by atoms with E-state index in [2.05, 4.69) is 33.0 Å². The number of nitrogens with one attached hydrogen (secondary N) is 1. The van der Waals surface area contributed by atoms with Crippen molar-refractivity contribution in [3.8, 4) is 0 Å². The zero-order valence-corrected chi connectivity index (χ0v) is 17.0. The van der Waals surface area contributed by atoms with Gasteiger partial charge >= 0.3 is 5.97 Å². The molecule has 142 valence electrons. The highest BCUT2D eigenvalue weighted by Gasteiger charge is 2.16. The molecule has 1 rings (SSSR count). The van der Waals surface area contributed by atoms with Gasteiger partial charge in [0.25, 0.3) is 0 Å². The van der Waals surface area contributed by atoms with Crippen LogP contribution in [0.15, 0.2) is 24.3 Å². The molecule has 0 aliphatic carbocycles. The Labute approximate surface area is 153 Å². The molecule has 0 unspecified atom stereocenters. The Bertz CT molecular complexity index is 499. The SMILES string of the molecule is CC(C)CC(CC(C)C)NC[C@H](C)OC(=O)c1ccc(N(C)C)cc1. The van der Waals surface area contributed by atoms with Gasteiger partial charge in [-0.3, -0.25) is 0 Å². The van der Waals surface area contributed by atoms with E-state index < -0.39 is 0 Å². The molecule has 0 aliphatic rings. The third-order valence-electron chi connectivity index (χ3n) is 4.13. The molecule has 1 aromatic rings. The summed E-state index contributed by atoms with van der Waals surface area (Å²) in [6, 6.07) is 7.97. The summed E-state index contributed by atoms with van der Waals surface area (Å²) in [5, 5.41) is 3.58. The van der Waals surface area contributed by atoms with E-state index in [4.69, 9.17) is 4.74 Å². The second kappa shape index (κ2) is 10.4. The maximum absolute atomic E-state index is 12.3. The van der Waals surface area contributed by atoms with Gasteiger partial charge in [0, 0.05) is 32.4 Å². The molecule has 0 radical (unpaired) electrons. The highest BCUT2D eigenvalue weighted by molar-refractivity contribution is 5.89. The quantitative estimate of drug-likeness (QED) is 0.638. The molecule has 0 fully saturated rings. The Hall–Kier alpha value is -1.55. The van der Waals surface area contributed by atoms with Crippen LogP contribution in [0.3, 0.4) is 0 Å². The van der Waals surface area contributed by atoms with E-state index in [-0.39, 0.29) is 12.1 Å². The molecular formula is C21H36N2O2. The molecule has 0 aromatic heterocycles. The Balaban J connectivity index is 2.50. The number of hydrogen-bond acceptors (Lipinski definition) is 4. The van der Waals surface area contributed by atoms with Crippen molar-refractivity contribution in [2.24, 2.45) is 11.8 Å². The lowest BCUT2D eigenvalue weighted by atomic mass is 9.95. The van der Waals surface area contributed by atoms with E-state index in [1.165, 1.54) is 0 Å². The van der Waals surface area contributed by atoms with Crippen molar-refractivity contribution in [2.75, 3.05) is 25.5 Å². The molecule has 0 heterocycles. The molecule has 0 bridgehead atoms. The Morgan fingerprint density at radius 2 is 1.52 bits per heavy atom. The van der Waals surface area contributed by atoms with Crippen LogP contribution in [0.4, 0.5) is 5.69 Å². The highest BCUT2D eigenvalue weighted by Crippen LogP contribution is 2.15. The lowest BCUT2D eigenvalue weighted by Crippen LogP contribution is -2.38. The Morgan fingerprint density at radius 1 is 1.00 bits per heavy atom.